The summed E-state index contributed by atoms with van der Waals surface area (Å²) in [5.74, 6) is 1.03. The summed E-state index contributed by atoms with van der Waals surface area (Å²) in [5, 5.41) is 5.60. The van der Waals surface area contributed by atoms with Gasteiger partial charge in [-0.25, -0.2) is 4.79 Å². The van der Waals surface area contributed by atoms with Gasteiger partial charge in [0.2, 0.25) is 0 Å². The third-order valence-corrected chi connectivity index (χ3v) is 3.92. The van der Waals surface area contributed by atoms with Crippen molar-refractivity contribution < 1.29 is 19.0 Å². The molecule has 2 amide bonds. The molecule has 0 bridgehead atoms. The highest BCUT2D eigenvalue weighted by Crippen LogP contribution is 2.34. The third-order valence-electron chi connectivity index (χ3n) is 3.92. The Balaban J connectivity index is 2.02. The number of urea groups is 1. The minimum absolute atomic E-state index is 0.223. The Morgan fingerprint density at radius 3 is 2.44 bits per heavy atom. The molecule has 2 rings (SSSR count). The van der Waals surface area contributed by atoms with Crippen molar-refractivity contribution in [2.24, 2.45) is 0 Å². The fraction of sp³-hybridized carbons (Fsp3) is 0.316. The van der Waals surface area contributed by atoms with Crippen molar-refractivity contribution >= 4 is 11.7 Å². The highest BCUT2D eigenvalue weighted by atomic mass is 16.5. The Morgan fingerprint density at radius 1 is 1.04 bits per heavy atom. The number of carbonyl (C=O) groups is 1. The van der Waals surface area contributed by atoms with Gasteiger partial charge in [-0.1, -0.05) is 30.3 Å². The molecular formula is C19H24N2O4. The average Bonchev–Trinajstić information content (AvgIpc) is 2.63. The van der Waals surface area contributed by atoms with E-state index in [9.17, 15) is 4.79 Å². The predicted molar refractivity (Wildman–Crippen MR) is 97.5 cm³/mol. The van der Waals surface area contributed by atoms with Crippen LogP contribution in [0, 0.1) is 6.92 Å². The highest BCUT2D eigenvalue weighted by Gasteiger charge is 2.16. The number of benzene rings is 2. The predicted octanol–water partition coefficient (Wildman–Crippen LogP) is 3.52. The number of anilines is 1. The number of methoxy groups -OCH3 is 3. The third kappa shape index (κ3) is 4.64. The minimum Gasteiger partial charge on any atom is -0.493 e. The molecule has 2 aromatic rings. The van der Waals surface area contributed by atoms with Gasteiger partial charge in [-0.2, -0.15) is 0 Å². The molecule has 0 saturated carbocycles. The first-order valence-corrected chi connectivity index (χ1v) is 7.94. The molecule has 0 fully saturated rings. The minimum atomic E-state index is -0.345. The number of para-hydroxylation sites is 1. The zero-order valence-corrected chi connectivity index (χ0v) is 15.0. The standard InChI is InChI=1S/C19H24N2O4/c1-13-8-5-6-9-14(13)17(24-3)12-20-19(22)21-15-10-7-11-16(23-2)18(15)25-4/h5-11,17H,12H2,1-4H3,(H2,20,21,22). The first-order valence-electron chi connectivity index (χ1n) is 7.94. The Labute approximate surface area is 148 Å². The lowest BCUT2D eigenvalue weighted by atomic mass is 10.0. The van der Waals surface area contributed by atoms with Gasteiger partial charge in [0, 0.05) is 13.7 Å². The molecule has 0 saturated heterocycles. The maximum atomic E-state index is 12.2. The molecule has 25 heavy (non-hydrogen) atoms. The van der Waals surface area contributed by atoms with Crippen molar-refractivity contribution in [2.75, 3.05) is 33.2 Å². The van der Waals surface area contributed by atoms with Crippen molar-refractivity contribution in [3.8, 4) is 11.5 Å². The second kappa shape index (κ2) is 8.94. The number of rotatable bonds is 7. The van der Waals surface area contributed by atoms with Crippen LogP contribution in [-0.4, -0.2) is 33.9 Å². The SMILES string of the molecule is COc1cccc(NC(=O)NCC(OC)c2ccccc2C)c1OC. The second-order valence-electron chi connectivity index (χ2n) is 5.46. The van der Waals surface area contributed by atoms with Gasteiger partial charge in [0.15, 0.2) is 11.5 Å². The van der Waals surface area contributed by atoms with Gasteiger partial charge in [0.05, 0.1) is 26.0 Å². The number of ether oxygens (including phenoxy) is 3. The summed E-state index contributed by atoms with van der Waals surface area (Å²) in [6.07, 6.45) is -0.223. The molecule has 2 N–H and O–H groups in total. The maximum absolute atomic E-state index is 12.2. The van der Waals surface area contributed by atoms with Gasteiger partial charge < -0.3 is 24.8 Å². The molecule has 0 aliphatic heterocycles. The second-order valence-corrected chi connectivity index (χ2v) is 5.46. The average molecular weight is 344 g/mol. The topological polar surface area (TPSA) is 68.8 Å². The van der Waals surface area contributed by atoms with Crippen LogP contribution >= 0.6 is 0 Å². The van der Waals surface area contributed by atoms with Gasteiger partial charge in [-0.15, -0.1) is 0 Å². The van der Waals surface area contributed by atoms with Crippen LogP contribution in [0.1, 0.15) is 17.2 Å². The summed E-state index contributed by atoms with van der Waals surface area (Å²) >= 11 is 0. The molecule has 2 aromatic carbocycles. The number of amides is 2. The van der Waals surface area contributed by atoms with E-state index in [-0.39, 0.29) is 12.1 Å². The molecular weight excluding hydrogens is 320 g/mol. The van der Waals surface area contributed by atoms with Crippen LogP contribution in [0.5, 0.6) is 11.5 Å². The van der Waals surface area contributed by atoms with Gasteiger partial charge >= 0.3 is 6.03 Å². The molecule has 0 radical (unpaired) electrons. The van der Waals surface area contributed by atoms with E-state index in [1.807, 2.05) is 31.2 Å². The first kappa shape index (κ1) is 18.6. The molecule has 6 nitrogen and oxygen atoms in total. The number of hydrogen-bond acceptors (Lipinski definition) is 4. The van der Waals surface area contributed by atoms with E-state index in [2.05, 4.69) is 10.6 Å². The summed E-state index contributed by atoms with van der Waals surface area (Å²) < 4.78 is 16.0. The first-order chi connectivity index (χ1) is 12.1. The largest absolute Gasteiger partial charge is 0.493 e. The summed E-state index contributed by atoms with van der Waals surface area (Å²) in [6, 6.07) is 12.9. The van der Waals surface area contributed by atoms with Crippen molar-refractivity contribution in [2.45, 2.75) is 13.0 Å². The molecule has 1 unspecified atom stereocenters. The summed E-state index contributed by atoms with van der Waals surface area (Å²) in [5.41, 5.74) is 2.69. The van der Waals surface area contributed by atoms with E-state index >= 15 is 0 Å². The van der Waals surface area contributed by atoms with Gasteiger partial charge in [0.25, 0.3) is 0 Å². The normalized spacial score (nSPS) is 11.5. The van der Waals surface area contributed by atoms with Crippen LogP contribution in [0.25, 0.3) is 0 Å². The lowest BCUT2D eigenvalue weighted by Crippen LogP contribution is -2.33. The molecule has 6 heteroatoms. The van der Waals surface area contributed by atoms with Crippen LogP contribution in [0.3, 0.4) is 0 Å². The van der Waals surface area contributed by atoms with E-state index in [0.29, 0.717) is 23.7 Å². The van der Waals surface area contributed by atoms with Gasteiger partial charge in [-0.3, -0.25) is 0 Å². The Bertz CT molecular complexity index is 718. The molecule has 0 aliphatic carbocycles. The maximum Gasteiger partial charge on any atom is 0.319 e. The van der Waals surface area contributed by atoms with E-state index in [1.54, 1.807) is 32.4 Å². The van der Waals surface area contributed by atoms with Gasteiger partial charge in [0.1, 0.15) is 0 Å². The van der Waals surface area contributed by atoms with Crippen LogP contribution < -0.4 is 20.1 Å². The fourth-order valence-electron chi connectivity index (χ4n) is 2.61. The lowest BCUT2D eigenvalue weighted by Gasteiger charge is -2.19. The molecule has 0 spiro atoms. The number of nitrogens with one attached hydrogen (secondary N) is 2. The Kier molecular flexibility index (Phi) is 6.65. The molecule has 0 aliphatic rings. The zero-order chi connectivity index (χ0) is 18.2. The molecule has 134 valence electrons. The number of carbonyl (C=O) groups excluding carboxylic acids is 1. The Morgan fingerprint density at radius 2 is 1.80 bits per heavy atom. The van der Waals surface area contributed by atoms with Crippen LogP contribution in [0.15, 0.2) is 42.5 Å². The zero-order valence-electron chi connectivity index (χ0n) is 15.0. The number of hydrogen-bond donors (Lipinski definition) is 2. The van der Waals surface area contributed by atoms with E-state index < -0.39 is 0 Å². The van der Waals surface area contributed by atoms with Crippen LogP contribution in [-0.2, 0) is 4.74 Å². The van der Waals surface area contributed by atoms with Crippen LogP contribution in [0.4, 0.5) is 10.5 Å². The quantitative estimate of drug-likeness (QED) is 0.806. The van der Waals surface area contributed by atoms with Crippen LogP contribution in [0.2, 0.25) is 0 Å². The molecule has 0 heterocycles. The van der Waals surface area contributed by atoms with Crippen molar-refractivity contribution in [3.05, 3.63) is 53.6 Å². The van der Waals surface area contributed by atoms with E-state index in [0.717, 1.165) is 11.1 Å². The summed E-state index contributed by atoms with van der Waals surface area (Å²) in [7, 11) is 4.70. The summed E-state index contributed by atoms with van der Waals surface area (Å²) in [4.78, 5) is 12.2. The smallest absolute Gasteiger partial charge is 0.319 e. The Hall–Kier alpha value is -2.73. The molecule has 0 aromatic heterocycles. The number of aryl methyl sites for hydroxylation is 1. The monoisotopic (exact) mass is 344 g/mol. The van der Waals surface area contributed by atoms with Crippen molar-refractivity contribution in [1.29, 1.82) is 0 Å². The van der Waals surface area contributed by atoms with Gasteiger partial charge in [-0.05, 0) is 30.2 Å². The lowest BCUT2D eigenvalue weighted by molar-refractivity contribution is 0.104. The van der Waals surface area contributed by atoms with Crippen molar-refractivity contribution in [1.82, 2.24) is 5.32 Å². The highest BCUT2D eigenvalue weighted by molar-refractivity contribution is 5.91. The van der Waals surface area contributed by atoms with E-state index in [1.165, 1.54) is 7.11 Å². The summed E-state index contributed by atoms with van der Waals surface area (Å²) in [6.45, 7) is 2.36. The van der Waals surface area contributed by atoms with Crippen molar-refractivity contribution in [3.63, 3.8) is 0 Å². The molecule has 1 atom stereocenters. The fourth-order valence-corrected chi connectivity index (χ4v) is 2.61. The van der Waals surface area contributed by atoms with E-state index in [4.69, 9.17) is 14.2 Å².